The summed E-state index contributed by atoms with van der Waals surface area (Å²) in [6.07, 6.45) is -0.205. The van der Waals surface area contributed by atoms with Crippen LogP contribution < -0.4 is 0 Å². The van der Waals surface area contributed by atoms with Crippen LogP contribution in [-0.2, 0) is 29.6 Å². The van der Waals surface area contributed by atoms with E-state index in [9.17, 15) is 23.2 Å². The lowest BCUT2D eigenvalue weighted by Gasteiger charge is -2.31. The number of ketones is 1. The minimum absolute atomic E-state index is 0.0387. The highest BCUT2D eigenvalue weighted by molar-refractivity contribution is 14.1. The summed E-state index contributed by atoms with van der Waals surface area (Å²) in [6, 6.07) is 8.80. The number of methoxy groups -OCH3 is 3. The average molecular weight is 704 g/mol. The first kappa shape index (κ1) is 30.3. The van der Waals surface area contributed by atoms with Gasteiger partial charge in [0.1, 0.15) is 11.6 Å². The molecule has 7 nitrogen and oxygen atoms in total. The Morgan fingerprint density at radius 2 is 1.44 bits per heavy atom. The van der Waals surface area contributed by atoms with Crippen molar-refractivity contribution in [2.24, 2.45) is 0 Å². The molecule has 0 heterocycles. The fourth-order valence-electron chi connectivity index (χ4n) is 2.87. The number of esters is 1. The smallest absolute Gasteiger partial charge is 0.305 e. The van der Waals surface area contributed by atoms with Crippen LogP contribution in [0.4, 0.5) is 8.78 Å². The Morgan fingerprint density at radius 1 is 0.882 bits per heavy atom. The quantitative estimate of drug-likeness (QED) is 0.155. The zero-order valence-corrected chi connectivity index (χ0v) is 23.0. The molecule has 2 aromatic carbocycles. The van der Waals surface area contributed by atoms with Crippen LogP contribution >= 0.6 is 45.2 Å². The second kappa shape index (κ2) is 14.6. The van der Waals surface area contributed by atoms with E-state index in [0.29, 0.717) is 0 Å². The van der Waals surface area contributed by atoms with Crippen molar-refractivity contribution in [3.8, 4) is 0 Å². The number of halogens is 4. The van der Waals surface area contributed by atoms with E-state index in [1.165, 1.54) is 39.5 Å². The summed E-state index contributed by atoms with van der Waals surface area (Å²) >= 11 is 4.04. The number of carbonyl (C=O) groups is 3. The van der Waals surface area contributed by atoms with Gasteiger partial charge in [0, 0.05) is 39.8 Å². The summed E-state index contributed by atoms with van der Waals surface area (Å²) in [7, 11) is 4.13. The molecule has 0 atom stereocenters. The van der Waals surface area contributed by atoms with Gasteiger partial charge < -0.3 is 19.3 Å². The highest BCUT2D eigenvalue weighted by Crippen LogP contribution is 2.34. The van der Waals surface area contributed by atoms with Gasteiger partial charge in [0.15, 0.2) is 11.6 Å². The Labute approximate surface area is 223 Å². The molecule has 1 N–H and O–H groups in total. The number of rotatable bonds is 10. The second-order valence-electron chi connectivity index (χ2n) is 6.80. The minimum Gasteiger partial charge on any atom is -0.481 e. The molecule has 0 aliphatic rings. The van der Waals surface area contributed by atoms with E-state index in [0.717, 1.165) is 7.14 Å². The average Bonchev–Trinajstić information content (AvgIpc) is 2.82. The van der Waals surface area contributed by atoms with Crippen LogP contribution in [0.5, 0.6) is 0 Å². The first-order chi connectivity index (χ1) is 16.0. The van der Waals surface area contributed by atoms with Gasteiger partial charge in [0.2, 0.25) is 0 Å². The molecule has 0 aliphatic heterocycles. The van der Waals surface area contributed by atoms with Gasteiger partial charge in [-0.2, -0.15) is 0 Å². The van der Waals surface area contributed by atoms with Crippen molar-refractivity contribution in [1.82, 2.24) is 0 Å². The van der Waals surface area contributed by atoms with Crippen molar-refractivity contribution in [3.05, 3.63) is 66.3 Å². The fraction of sp³-hybridized carbons (Fsp3) is 0.348. The molecule has 0 aromatic heterocycles. The number of hydrogen-bond acceptors (Lipinski definition) is 6. The lowest BCUT2D eigenvalue weighted by molar-refractivity contribution is -0.223. The molecule has 0 amide bonds. The normalized spacial score (nSPS) is 10.8. The van der Waals surface area contributed by atoms with Gasteiger partial charge in [-0.1, -0.05) is 0 Å². The molecule has 2 rings (SSSR count). The maximum absolute atomic E-state index is 14.0. The molecule has 0 bridgehead atoms. The number of benzene rings is 2. The zero-order valence-electron chi connectivity index (χ0n) is 18.7. The first-order valence-electron chi connectivity index (χ1n) is 9.82. The maximum atomic E-state index is 14.0. The molecule has 186 valence electrons. The predicted molar refractivity (Wildman–Crippen MR) is 136 cm³/mol. The molecule has 0 fully saturated rings. The van der Waals surface area contributed by atoms with Crippen molar-refractivity contribution in [2.75, 3.05) is 21.3 Å². The van der Waals surface area contributed by atoms with Gasteiger partial charge >= 0.3 is 11.9 Å². The molecule has 0 saturated carbocycles. The highest BCUT2D eigenvalue weighted by Gasteiger charge is 2.35. The Hall–Kier alpha value is -1.71. The summed E-state index contributed by atoms with van der Waals surface area (Å²) in [5.74, 6) is -4.27. The summed E-state index contributed by atoms with van der Waals surface area (Å²) < 4.78 is 44.0. The molecule has 0 radical (unpaired) electrons. The summed E-state index contributed by atoms with van der Waals surface area (Å²) in [5, 5.41) is 8.39. The largest absolute Gasteiger partial charge is 0.481 e. The minimum atomic E-state index is -1.29. The van der Waals surface area contributed by atoms with Crippen molar-refractivity contribution < 1.29 is 42.5 Å². The van der Waals surface area contributed by atoms with E-state index in [-0.39, 0.29) is 36.8 Å². The van der Waals surface area contributed by atoms with Gasteiger partial charge in [0.25, 0.3) is 0 Å². The van der Waals surface area contributed by atoms with Crippen molar-refractivity contribution in [3.63, 3.8) is 0 Å². The molecule has 0 saturated heterocycles. The van der Waals surface area contributed by atoms with E-state index in [1.807, 2.05) is 22.6 Å². The number of carboxylic acids is 1. The van der Waals surface area contributed by atoms with Gasteiger partial charge in [-0.15, -0.1) is 0 Å². The summed E-state index contributed by atoms with van der Waals surface area (Å²) in [5.41, 5.74) is 0.233. The third-order valence-corrected chi connectivity index (χ3v) is 6.02. The van der Waals surface area contributed by atoms with Crippen molar-refractivity contribution in [1.29, 1.82) is 0 Å². The molecular weight excluding hydrogens is 680 g/mol. The lowest BCUT2D eigenvalue weighted by Crippen LogP contribution is -2.33. The maximum Gasteiger partial charge on any atom is 0.305 e. The second-order valence-corrected chi connectivity index (χ2v) is 9.29. The van der Waals surface area contributed by atoms with Crippen LogP contribution in [0.3, 0.4) is 0 Å². The number of Topliss-reactive ketones (excluding diaryl/α,β-unsaturated/α-hetero) is 1. The SMILES string of the molecule is COC(=O)CCC(OC)(OC)c1cc(I)ccc1F.O=C(O)CCC(=O)c1cc(I)ccc1F. The Balaban J connectivity index is 0.000000350. The molecule has 0 aliphatic carbocycles. The topological polar surface area (TPSA) is 99.1 Å². The van der Waals surface area contributed by atoms with E-state index in [4.69, 9.17) is 14.6 Å². The monoisotopic (exact) mass is 704 g/mol. The number of carbonyl (C=O) groups excluding carboxylic acids is 2. The standard InChI is InChI=1S/C13H16FIO4.C10H8FIO3/c1-17-12(16)6-7-13(18-2,19-3)10-8-9(15)4-5-11(10)14;11-8-2-1-6(12)5-7(8)9(13)3-4-10(14)15/h4-5,8H,6-7H2,1-3H3;1-2,5H,3-4H2,(H,14,15). The number of carboxylic acid groups (broad SMARTS) is 1. The Morgan fingerprint density at radius 3 is 1.97 bits per heavy atom. The third-order valence-electron chi connectivity index (χ3n) is 4.68. The van der Waals surface area contributed by atoms with Crippen LogP contribution in [0.15, 0.2) is 36.4 Å². The first-order valence-corrected chi connectivity index (χ1v) is 12.0. The van der Waals surface area contributed by atoms with Crippen LogP contribution in [0, 0.1) is 18.8 Å². The Bertz CT molecular complexity index is 1010. The van der Waals surface area contributed by atoms with E-state index in [2.05, 4.69) is 27.3 Å². The highest BCUT2D eigenvalue weighted by atomic mass is 127. The number of aliphatic carboxylic acids is 1. The lowest BCUT2D eigenvalue weighted by atomic mass is 9.99. The summed E-state index contributed by atoms with van der Waals surface area (Å²) in [6.45, 7) is 0. The van der Waals surface area contributed by atoms with Crippen molar-refractivity contribution >= 4 is 62.9 Å². The van der Waals surface area contributed by atoms with E-state index >= 15 is 0 Å². The molecule has 0 spiro atoms. The van der Waals surface area contributed by atoms with E-state index < -0.39 is 35.1 Å². The molecule has 2 aromatic rings. The fourth-order valence-corrected chi connectivity index (χ4v) is 3.85. The predicted octanol–water partition coefficient (Wildman–Crippen LogP) is 5.31. The van der Waals surface area contributed by atoms with E-state index in [1.54, 1.807) is 18.2 Å². The molecule has 11 heteroatoms. The van der Waals surface area contributed by atoms with Crippen LogP contribution in [0.1, 0.15) is 41.6 Å². The van der Waals surface area contributed by atoms with Gasteiger partial charge in [-0.25, -0.2) is 8.78 Å². The van der Waals surface area contributed by atoms with Gasteiger partial charge in [-0.3, -0.25) is 14.4 Å². The summed E-state index contributed by atoms with van der Waals surface area (Å²) in [4.78, 5) is 32.9. The van der Waals surface area contributed by atoms with Crippen LogP contribution in [0.2, 0.25) is 0 Å². The van der Waals surface area contributed by atoms with Crippen LogP contribution in [0.25, 0.3) is 0 Å². The zero-order chi connectivity index (χ0) is 25.9. The number of hydrogen-bond donors (Lipinski definition) is 1. The van der Waals surface area contributed by atoms with Crippen molar-refractivity contribution in [2.45, 2.75) is 31.5 Å². The molecular formula is C23H24F2I2O7. The molecule has 0 unspecified atom stereocenters. The van der Waals surface area contributed by atoms with Gasteiger partial charge in [-0.05, 0) is 81.6 Å². The van der Waals surface area contributed by atoms with Gasteiger partial charge in [0.05, 0.1) is 25.5 Å². The third kappa shape index (κ3) is 9.15. The van der Waals surface area contributed by atoms with Crippen LogP contribution in [-0.4, -0.2) is 44.2 Å². The Kier molecular flexibility index (Phi) is 13.1. The number of ether oxygens (including phenoxy) is 3. The molecule has 34 heavy (non-hydrogen) atoms.